The van der Waals surface area contributed by atoms with Crippen LogP contribution < -0.4 is 4.74 Å². The van der Waals surface area contributed by atoms with Crippen LogP contribution in [0, 0.1) is 0 Å². The molecule has 0 amide bonds. The van der Waals surface area contributed by atoms with Crippen molar-refractivity contribution in [3.05, 3.63) is 59.9 Å². The number of aromatic nitrogens is 1. The quantitative estimate of drug-likeness (QED) is 0.786. The lowest BCUT2D eigenvalue weighted by molar-refractivity contribution is 0.0676. The van der Waals surface area contributed by atoms with E-state index in [1.165, 1.54) is 17.5 Å². The topological polar surface area (TPSA) is 34.6 Å². The van der Waals surface area contributed by atoms with Crippen molar-refractivity contribution in [1.82, 2.24) is 9.88 Å². The first kappa shape index (κ1) is 16.0. The van der Waals surface area contributed by atoms with Crippen LogP contribution in [0.5, 0.6) is 5.75 Å². The van der Waals surface area contributed by atoms with Gasteiger partial charge in [-0.1, -0.05) is 24.3 Å². The van der Waals surface area contributed by atoms with Gasteiger partial charge in [-0.05, 0) is 30.5 Å². The maximum Gasteiger partial charge on any atom is 0.123 e. The van der Waals surface area contributed by atoms with Crippen LogP contribution in [0.4, 0.5) is 0 Å². The molecule has 23 heavy (non-hydrogen) atoms. The van der Waals surface area contributed by atoms with Crippen LogP contribution in [0.1, 0.15) is 24.0 Å². The normalized spacial score (nSPS) is 17.6. The Morgan fingerprint density at radius 3 is 2.87 bits per heavy atom. The van der Waals surface area contributed by atoms with E-state index in [4.69, 9.17) is 9.47 Å². The van der Waals surface area contributed by atoms with Crippen LogP contribution in [0.25, 0.3) is 0 Å². The van der Waals surface area contributed by atoms with Crippen LogP contribution in [0.15, 0.2) is 48.8 Å². The number of benzene rings is 1. The molecule has 1 atom stereocenters. The fraction of sp³-hybridized carbons (Fsp3) is 0.421. The third kappa shape index (κ3) is 4.53. The zero-order chi connectivity index (χ0) is 15.9. The maximum absolute atomic E-state index is 5.83. The molecule has 2 heterocycles. The summed E-state index contributed by atoms with van der Waals surface area (Å²) in [5.74, 6) is 0.941. The van der Waals surface area contributed by atoms with E-state index in [1.54, 1.807) is 7.11 Å². The highest BCUT2D eigenvalue weighted by Gasteiger charge is 2.20. The number of rotatable bonds is 7. The molecule has 0 bridgehead atoms. The van der Waals surface area contributed by atoms with E-state index < -0.39 is 0 Å². The van der Waals surface area contributed by atoms with E-state index in [-0.39, 0.29) is 0 Å². The van der Waals surface area contributed by atoms with Crippen molar-refractivity contribution in [3.63, 3.8) is 0 Å². The molecule has 122 valence electrons. The van der Waals surface area contributed by atoms with Gasteiger partial charge in [-0.15, -0.1) is 0 Å². The van der Waals surface area contributed by atoms with E-state index in [2.05, 4.69) is 28.1 Å². The van der Waals surface area contributed by atoms with Gasteiger partial charge in [-0.3, -0.25) is 9.88 Å². The Labute approximate surface area is 138 Å². The lowest BCUT2D eigenvalue weighted by Crippen LogP contribution is -2.31. The Hall–Kier alpha value is -1.91. The number of hydrogen-bond acceptors (Lipinski definition) is 4. The van der Waals surface area contributed by atoms with Gasteiger partial charge in [0.05, 0.1) is 13.2 Å². The van der Waals surface area contributed by atoms with E-state index in [9.17, 15) is 0 Å². The molecule has 4 nitrogen and oxygen atoms in total. The second-order valence-corrected chi connectivity index (χ2v) is 5.98. The zero-order valence-electron chi connectivity index (χ0n) is 13.6. The molecule has 1 aliphatic rings. The van der Waals surface area contributed by atoms with Crippen LogP contribution in [-0.4, -0.2) is 36.2 Å². The summed E-state index contributed by atoms with van der Waals surface area (Å²) in [6, 6.07) is 12.3. The second-order valence-electron chi connectivity index (χ2n) is 5.98. The molecule has 1 aliphatic heterocycles. The fourth-order valence-corrected chi connectivity index (χ4v) is 3.09. The zero-order valence-corrected chi connectivity index (χ0v) is 13.6. The van der Waals surface area contributed by atoms with Crippen LogP contribution in [0.2, 0.25) is 0 Å². The standard InChI is InChI=1S/C19H24N2O2/c1-22-19-9-3-2-7-17(19)14-21(15-18-8-5-11-23-18)13-16-6-4-10-20-12-16/h2-4,6-7,9-10,12,18H,5,8,11,13-15H2,1H3/t18-/m0/s1. The van der Waals surface area contributed by atoms with Crippen molar-refractivity contribution in [2.75, 3.05) is 20.3 Å². The molecule has 1 fully saturated rings. The van der Waals surface area contributed by atoms with Gasteiger partial charge in [-0.2, -0.15) is 0 Å². The first-order valence-corrected chi connectivity index (χ1v) is 8.20. The van der Waals surface area contributed by atoms with Gasteiger partial charge < -0.3 is 9.47 Å². The van der Waals surface area contributed by atoms with Gasteiger partial charge in [0.25, 0.3) is 0 Å². The summed E-state index contributed by atoms with van der Waals surface area (Å²) >= 11 is 0. The van der Waals surface area contributed by atoms with E-state index in [0.717, 1.165) is 38.4 Å². The Morgan fingerprint density at radius 1 is 1.22 bits per heavy atom. The lowest BCUT2D eigenvalue weighted by Gasteiger charge is -2.26. The van der Waals surface area contributed by atoms with Crippen molar-refractivity contribution in [2.45, 2.75) is 32.0 Å². The Kier molecular flexibility index (Phi) is 5.61. The summed E-state index contributed by atoms with van der Waals surface area (Å²) in [5.41, 5.74) is 2.43. The summed E-state index contributed by atoms with van der Waals surface area (Å²) in [6.07, 6.45) is 6.40. The highest BCUT2D eigenvalue weighted by molar-refractivity contribution is 5.33. The summed E-state index contributed by atoms with van der Waals surface area (Å²) in [6.45, 7) is 3.54. The Balaban J connectivity index is 1.73. The molecule has 0 N–H and O–H groups in total. The largest absolute Gasteiger partial charge is 0.496 e. The third-order valence-corrected chi connectivity index (χ3v) is 4.20. The molecule has 1 saturated heterocycles. The number of nitrogens with zero attached hydrogens (tertiary/aromatic N) is 2. The Morgan fingerprint density at radius 2 is 2.13 bits per heavy atom. The van der Waals surface area contributed by atoms with Crippen molar-refractivity contribution in [1.29, 1.82) is 0 Å². The summed E-state index contributed by atoms with van der Waals surface area (Å²) in [7, 11) is 1.73. The van der Waals surface area contributed by atoms with Gasteiger partial charge in [-0.25, -0.2) is 0 Å². The smallest absolute Gasteiger partial charge is 0.123 e. The molecule has 1 aromatic heterocycles. The van der Waals surface area contributed by atoms with Crippen LogP contribution >= 0.6 is 0 Å². The molecule has 4 heteroatoms. The second kappa shape index (κ2) is 8.09. The van der Waals surface area contributed by atoms with Gasteiger partial charge in [0.1, 0.15) is 5.75 Å². The molecule has 0 spiro atoms. The number of ether oxygens (including phenoxy) is 2. The molecule has 0 unspecified atom stereocenters. The fourth-order valence-electron chi connectivity index (χ4n) is 3.09. The monoisotopic (exact) mass is 312 g/mol. The first-order valence-electron chi connectivity index (χ1n) is 8.20. The Bertz CT molecular complexity index is 597. The number of pyridine rings is 1. The van der Waals surface area contributed by atoms with Gasteiger partial charge in [0.2, 0.25) is 0 Å². The van der Waals surface area contributed by atoms with Crippen molar-refractivity contribution in [2.24, 2.45) is 0 Å². The maximum atomic E-state index is 5.83. The van der Waals surface area contributed by atoms with Crippen molar-refractivity contribution < 1.29 is 9.47 Å². The number of para-hydroxylation sites is 1. The number of hydrogen-bond donors (Lipinski definition) is 0. The summed E-state index contributed by atoms with van der Waals surface area (Å²) in [5, 5.41) is 0. The van der Waals surface area contributed by atoms with Gasteiger partial charge >= 0.3 is 0 Å². The summed E-state index contributed by atoms with van der Waals surface area (Å²) in [4.78, 5) is 6.65. The van der Waals surface area contributed by atoms with E-state index >= 15 is 0 Å². The molecular weight excluding hydrogens is 288 g/mol. The highest BCUT2D eigenvalue weighted by atomic mass is 16.5. The molecule has 2 aromatic rings. The number of methoxy groups -OCH3 is 1. The predicted octanol–water partition coefficient (Wildman–Crippen LogP) is 3.27. The molecule has 3 rings (SSSR count). The average molecular weight is 312 g/mol. The minimum absolute atomic E-state index is 0.335. The lowest BCUT2D eigenvalue weighted by atomic mass is 10.1. The average Bonchev–Trinajstić information content (AvgIpc) is 3.09. The summed E-state index contributed by atoms with van der Waals surface area (Å²) < 4.78 is 11.3. The van der Waals surface area contributed by atoms with E-state index in [0.29, 0.717) is 6.10 Å². The minimum atomic E-state index is 0.335. The van der Waals surface area contributed by atoms with Gasteiger partial charge in [0.15, 0.2) is 0 Å². The molecule has 0 aliphatic carbocycles. The molecule has 0 radical (unpaired) electrons. The third-order valence-electron chi connectivity index (χ3n) is 4.20. The van der Waals surface area contributed by atoms with E-state index in [1.807, 2.05) is 30.6 Å². The highest BCUT2D eigenvalue weighted by Crippen LogP contribution is 2.22. The van der Waals surface area contributed by atoms with Crippen molar-refractivity contribution >= 4 is 0 Å². The molecule has 0 saturated carbocycles. The van der Waals surface area contributed by atoms with Crippen molar-refractivity contribution in [3.8, 4) is 5.75 Å². The van der Waals surface area contributed by atoms with Crippen LogP contribution in [-0.2, 0) is 17.8 Å². The SMILES string of the molecule is COc1ccccc1CN(Cc1cccnc1)C[C@@H]1CCCO1. The first-order chi connectivity index (χ1) is 11.3. The molecule has 1 aromatic carbocycles. The van der Waals surface area contributed by atoms with Gasteiger partial charge in [0, 0.05) is 44.2 Å². The molecular formula is C19H24N2O2. The van der Waals surface area contributed by atoms with Crippen LogP contribution in [0.3, 0.4) is 0 Å². The predicted molar refractivity (Wildman–Crippen MR) is 90.3 cm³/mol. The minimum Gasteiger partial charge on any atom is -0.496 e.